The quantitative estimate of drug-likeness (QED) is 0.366. The number of carbonyl (C=O) groups is 1. The van der Waals surface area contributed by atoms with E-state index in [1.807, 2.05) is 0 Å². The minimum absolute atomic E-state index is 0.0363. The standard InChI is InChI=1S/C7H15O7PS/c1-12-7(8)6(14-16(3,10)11)4-5-15(9)13-2/h6,15H,4-5H2,1-3H3. The molecule has 0 saturated heterocycles. The molecule has 0 rings (SSSR count). The molecule has 0 aliphatic rings. The van der Waals surface area contributed by atoms with Gasteiger partial charge in [-0.3, -0.25) is 8.75 Å². The van der Waals surface area contributed by atoms with Crippen LogP contribution in [-0.4, -0.2) is 47.1 Å². The topological polar surface area (TPSA) is 96.0 Å². The highest BCUT2D eigenvalue weighted by Crippen LogP contribution is 2.23. The van der Waals surface area contributed by atoms with Crippen LogP contribution in [-0.2, 0) is 32.9 Å². The van der Waals surface area contributed by atoms with Gasteiger partial charge in [0.15, 0.2) is 14.1 Å². The molecule has 0 bridgehead atoms. The summed E-state index contributed by atoms with van der Waals surface area (Å²) in [6.45, 7) is 0. The van der Waals surface area contributed by atoms with Crippen molar-refractivity contribution in [2.75, 3.05) is 26.6 Å². The van der Waals surface area contributed by atoms with E-state index < -0.39 is 30.2 Å². The van der Waals surface area contributed by atoms with Crippen molar-refractivity contribution in [3.63, 3.8) is 0 Å². The first kappa shape index (κ1) is 15.6. The minimum atomic E-state index is -3.77. The Morgan fingerprint density at radius 2 is 1.94 bits per heavy atom. The molecule has 0 N–H and O–H groups in total. The zero-order valence-corrected chi connectivity index (χ0v) is 11.1. The molecule has 96 valence electrons. The summed E-state index contributed by atoms with van der Waals surface area (Å²) in [5.41, 5.74) is 0. The van der Waals surface area contributed by atoms with E-state index in [1.165, 1.54) is 7.11 Å². The second-order valence-electron chi connectivity index (χ2n) is 2.93. The molecule has 0 aliphatic heterocycles. The van der Waals surface area contributed by atoms with E-state index in [1.54, 1.807) is 0 Å². The van der Waals surface area contributed by atoms with E-state index >= 15 is 0 Å². The molecule has 9 heteroatoms. The van der Waals surface area contributed by atoms with Crippen molar-refractivity contribution in [2.24, 2.45) is 0 Å². The Bertz CT molecular complexity index is 350. The van der Waals surface area contributed by atoms with Gasteiger partial charge in [0.25, 0.3) is 10.1 Å². The molecular formula is C7H15O7PS. The van der Waals surface area contributed by atoms with Gasteiger partial charge in [-0.2, -0.15) is 8.42 Å². The number of hydrogen-bond acceptors (Lipinski definition) is 7. The van der Waals surface area contributed by atoms with Crippen LogP contribution in [0.1, 0.15) is 6.42 Å². The highest BCUT2D eigenvalue weighted by Gasteiger charge is 2.25. The third-order valence-electron chi connectivity index (χ3n) is 1.59. The number of ether oxygens (including phenoxy) is 1. The third-order valence-corrected chi connectivity index (χ3v) is 3.33. The van der Waals surface area contributed by atoms with Crippen LogP contribution < -0.4 is 0 Å². The number of methoxy groups -OCH3 is 1. The third kappa shape index (κ3) is 6.95. The van der Waals surface area contributed by atoms with Gasteiger partial charge >= 0.3 is 5.97 Å². The van der Waals surface area contributed by atoms with Gasteiger partial charge in [0, 0.05) is 13.3 Å². The summed E-state index contributed by atoms with van der Waals surface area (Å²) in [6, 6.07) is 0. The highest BCUT2D eigenvalue weighted by molar-refractivity contribution is 7.86. The molecule has 16 heavy (non-hydrogen) atoms. The van der Waals surface area contributed by atoms with Crippen LogP contribution in [0, 0.1) is 0 Å². The van der Waals surface area contributed by atoms with Crippen molar-refractivity contribution in [1.29, 1.82) is 0 Å². The predicted molar refractivity (Wildman–Crippen MR) is 57.2 cm³/mol. The lowest BCUT2D eigenvalue weighted by molar-refractivity contribution is -0.148. The van der Waals surface area contributed by atoms with Gasteiger partial charge < -0.3 is 9.26 Å². The molecule has 0 amide bonds. The molecule has 0 saturated carbocycles. The first-order valence-electron chi connectivity index (χ1n) is 4.33. The smallest absolute Gasteiger partial charge is 0.336 e. The molecule has 0 aliphatic carbocycles. The fourth-order valence-corrected chi connectivity index (χ4v) is 2.20. The van der Waals surface area contributed by atoms with E-state index in [0.29, 0.717) is 0 Å². The van der Waals surface area contributed by atoms with E-state index in [0.717, 1.165) is 13.4 Å². The summed E-state index contributed by atoms with van der Waals surface area (Å²) >= 11 is 0. The van der Waals surface area contributed by atoms with Gasteiger partial charge in [0.05, 0.1) is 13.4 Å². The van der Waals surface area contributed by atoms with Gasteiger partial charge in [-0.1, -0.05) is 0 Å². The van der Waals surface area contributed by atoms with Crippen LogP contribution in [0.5, 0.6) is 0 Å². The average molecular weight is 274 g/mol. The zero-order valence-electron chi connectivity index (χ0n) is 9.26. The molecule has 2 atom stereocenters. The average Bonchev–Trinajstić information content (AvgIpc) is 2.20. The van der Waals surface area contributed by atoms with Crippen LogP contribution in [0.15, 0.2) is 0 Å². The first-order valence-corrected chi connectivity index (χ1v) is 7.67. The summed E-state index contributed by atoms with van der Waals surface area (Å²) in [7, 11) is -3.64. The molecule has 7 nitrogen and oxygen atoms in total. The Hall–Kier alpha value is -0.430. The van der Waals surface area contributed by atoms with Crippen LogP contribution in [0.25, 0.3) is 0 Å². The van der Waals surface area contributed by atoms with Crippen molar-refractivity contribution in [3.05, 3.63) is 0 Å². The van der Waals surface area contributed by atoms with Crippen LogP contribution in [0.3, 0.4) is 0 Å². The second kappa shape index (κ2) is 7.01. The van der Waals surface area contributed by atoms with Crippen LogP contribution in [0.2, 0.25) is 0 Å². The van der Waals surface area contributed by atoms with Gasteiger partial charge in [-0.25, -0.2) is 4.79 Å². The Labute approximate surface area is 95.1 Å². The molecular weight excluding hydrogens is 259 g/mol. The monoisotopic (exact) mass is 274 g/mol. The molecule has 0 aromatic heterocycles. The Kier molecular flexibility index (Phi) is 6.82. The molecule has 0 aromatic rings. The van der Waals surface area contributed by atoms with Gasteiger partial charge in [-0.05, 0) is 6.42 Å². The predicted octanol–water partition coefficient (Wildman–Crippen LogP) is 0.0154. The maximum atomic E-state index is 11.1. The maximum Gasteiger partial charge on any atom is 0.336 e. The van der Waals surface area contributed by atoms with E-state index in [4.69, 9.17) is 0 Å². The maximum absolute atomic E-state index is 11.1. The van der Waals surface area contributed by atoms with E-state index in [-0.39, 0.29) is 12.6 Å². The summed E-state index contributed by atoms with van der Waals surface area (Å²) in [5.74, 6) is -0.823. The number of rotatable bonds is 7. The van der Waals surface area contributed by atoms with Crippen molar-refractivity contribution in [3.8, 4) is 0 Å². The molecule has 0 spiro atoms. The van der Waals surface area contributed by atoms with Crippen LogP contribution >= 0.6 is 8.03 Å². The van der Waals surface area contributed by atoms with Gasteiger partial charge in [-0.15, -0.1) is 0 Å². The summed E-state index contributed by atoms with van der Waals surface area (Å²) in [6.07, 6.45) is -0.437. The summed E-state index contributed by atoms with van der Waals surface area (Å²) < 4.78 is 46.1. The fourth-order valence-electron chi connectivity index (χ4n) is 0.899. The van der Waals surface area contributed by atoms with Crippen molar-refractivity contribution in [1.82, 2.24) is 0 Å². The van der Waals surface area contributed by atoms with Crippen LogP contribution in [0.4, 0.5) is 0 Å². The van der Waals surface area contributed by atoms with E-state index in [9.17, 15) is 17.8 Å². The lowest BCUT2D eigenvalue weighted by Crippen LogP contribution is -2.28. The zero-order chi connectivity index (χ0) is 12.8. The van der Waals surface area contributed by atoms with E-state index in [2.05, 4.69) is 13.4 Å². The number of carbonyl (C=O) groups excluding carboxylic acids is 1. The molecule has 0 radical (unpaired) electrons. The largest absolute Gasteiger partial charge is 0.467 e. The normalized spacial score (nSPS) is 15.4. The van der Waals surface area contributed by atoms with Gasteiger partial charge in [0.2, 0.25) is 0 Å². The molecule has 0 heterocycles. The van der Waals surface area contributed by atoms with Crippen molar-refractivity contribution >= 4 is 24.1 Å². The Morgan fingerprint density at radius 3 is 2.31 bits per heavy atom. The first-order chi connectivity index (χ1) is 7.30. The lowest BCUT2D eigenvalue weighted by Gasteiger charge is -2.13. The number of hydrogen-bond donors (Lipinski definition) is 0. The van der Waals surface area contributed by atoms with Crippen molar-refractivity contribution in [2.45, 2.75) is 12.5 Å². The SMILES string of the molecule is COC(=O)C(CC[PH](=O)OC)OS(C)(=O)=O. The minimum Gasteiger partial charge on any atom is -0.467 e. The second-order valence-corrected chi connectivity index (χ2v) is 6.18. The lowest BCUT2D eigenvalue weighted by atomic mass is 10.3. The number of esters is 1. The Morgan fingerprint density at radius 1 is 1.38 bits per heavy atom. The molecule has 2 unspecified atom stereocenters. The summed E-state index contributed by atoms with van der Waals surface area (Å²) in [4.78, 5) is 11.1. The Balaban J connectivity index is 4.45. The molecule has 0 fully saturated rings. The van der Waals surface area contributed by atoms with Gasteiger partial charge in [0.1, 0.15) is 0 Å². The molecule has 0 aromatic carbocycles. The summed E-state index contributed by atoms with van der Waals surface area (Å²) in [5, 5.41) is 0. The highest BCUT2D eigenvalue weighted by atomic mass is 32.2. The van der Waals surface area contributed by atoms with Crippen molar-refractivity contribution < 1.29 is 31.2 Å². The fraction of sp³-hybridized carbons (Fsp3) is 0.857.